The lowest BCUT2D eigenvalue weighted by Gasteiger charge is -2.32. The SMILES string of the molecule is Cn1c(CO)nnc1[C@H]1CCCN(Cc2cc(F)ccc2-n2cccn2)C1. The van der Waals surface area contributed by atoms with Gasteiger partial charge in [-0.05, 0) is 49.2 Å². The molecule has 142 valence electrons. The lowest BCUT2D eigenvalue weighted by molar-refractivity contribution is 0.194. The number of likely N-dealkylation sites (tertiary alicyclic amines) is 1. The lowest BCUT2D eigenvalue weighted by atomic mass is 9.96. The Morgan fingerprint density at radius 3 is 2.93 bits per heavy atom. The van der Waals surface area contributed by atoms with Crippen molar-refractivity contribution >= 4 is 0 Å². The molecule has 8 heteroatoms. The average Bonchev–Trinajstić information content (AvgIpc) is 3.32. The number of aliphatic hydroxyl groups is 1. The molecule has 1 aromatic carbocycles. The van der Waals surface area contributed by atoms with Gasteiger partial charge >= 0.3 is 0 Å². The molecule has 1 N–H and O–H groups in total. The maximum atomic E-state index is 13.9. The van der Waals surface area contributed by atoms with Gasteiger partial charge in [-0.1, -0.05) is 0 Å². The number of piperidine rings is 1. The Morgan fingerprint density at radius 2 is 2.19 bits per heavy atom. The minimum Gasteiger partial charge on any atom is -0.388 e. The number of benzene rings is 1. The summed E-state index contributed by atoms with van der Waals surface area (Å²) in [6.45, 7) is 2.31. The number of halogens is 1. The Labute approximate surface area is 157 Å². The Hall–Kier alpha value is -2.58. The highest BCUT2D eigenvalue weighted by Gasteiger charge is 2.26. The molecule has 1 aliphatic heterocycles. The van der Waals surface area contributed by atoms with E-state index in [-0.39, 0.29) is 18.3 Å². The van der Waals surface area contributed by atoms with Gasteiger partial charge < -0.3 is 9.67 Å². The van der Waals surface area contributed by atoms with E-state index >= 15 is 0 Å². The second-order valence-electron chi connectivity index (χ2n) is 6.99. The van der Waals surface area contributed by atoms with Crippen molar-refractivity contribution in [2.75, 3.05) is 13.1 Å². The molecular weight excluding hydrogens is 347 g/mol. The van der Waals surface area contributed by atoms with Crippen LogP contribution < -0.4 is 0 Å². The maximum Gasteiger partial charge on any atom is 0.158 e. The van der Waals surface area contributed by atoms with Crippen molar-refractivity contribution in [1.82, 2.24) is 29.4 Å². The van der Waals surface area contributed by atoms with Crippen LogP contribution in [-0.2, 0) is 20.2 Å². The zero-order chi connectivity index (χ0) is 18.8. The molecule has 1 aliphatic rings. The van der Waals surface area contributed by atoms with Gasteiger partial charge in [0.05, 0.1) is 5.69 Å². The van der Waals surface area contributed by atoms with E-state index in [1.165, 1.54) is 6.07 Å². The molecule has 27 heavy (non-hydrogen) atoms. The first kappa shape index (κ1) is 17.8. The average molecular weight is 370 g/mol. The highest BCUT2D eigenvalue weighted by molar-refractivity contribution is 5.40. The Bertz CT molecular complexity index is 907. The van der Waals surface area contributed by atoms with Crippen molar-refractivity contribution < 1.29 is 9.50 Å². The summed E-state index contributed by atoms with van der Waals surface area (Å²) >= 11 is 0. The second kappa shape index (κ2) is 7.58. The predicted molar refractivity (Wildman–Crippen MR) is 97.7 cm³/mol. The summed E-state index contributed by atoms with van der Waals surface area (Å²) in [6, 6.07) is 6.69. The predicted octanol–water partition coefficient (Wildman–Crippen LogP) is 2.01. The first-order valence-corrected chi connectivity index (χ1v) is 9.15. The van der Waals surface area contributed by atoms with Gasteiger partial charge in [0, 0.05) is 38.4 Å². The summed E-state index contributed by atoms with van der Waals surface area (Å²) in [7, 11) is 1.89. The summed E-state index contributed by atoms with van der Waals surface area (Å²) in [5.74, 6) is 1.48. The minimum absolute atomic E-state index is 0.115. The number of hydrogen-bond donors (Lipinski definition) is 1. The van der Waals surface area contributed by atoms with Gasteiger partial charge in [0.25, 0.3) is 0 Å². The van der Waals surface area contributed by atoms with Crippen LogP contribution in [0.4, 0.5) is 4.39 Å². The van der Waals surface area contributed by atoms with E-state index in [4.69, 9.17) is 0 Å². The van der Waals surface area contributed by atoms with E-state index in [0.717, 1.165) is 43.0 Å². The van der Waals surface area contributed by atoms with Gasteiger partial charge in [0.1, 0.15) is 18.2 Å². The van der Waals surface area contributed by atoms with Crippen LogP contribution in [0.3, 0.4) is 0 Å². The van der Waals surface area contributed by atoms with E-state index in [1.54, 1.807) is 23.0 Å². The first-order valence-electron chi connectivity index (χ1n) is 9.15. The highest BCUT2D eigenvalue weighted by atomic mass is 19.1. The number of aliphatic hydroxyl groups excluding tert-OH is 1. The molecule has 3 heterocycles. The fraction of sp³-hybridized carbons (Fsp3) is 0.421. The summed E-state index contributed by atoms with van der Waals surface area (Å²) in [5.41, 5.74) is 1.80. The Balaban J connectivity index is 1.55. The molecule has 0 unspecified atom stereocenters. The van der Waals surface area contributed by atoms with E-state index in [2.05, 4.69) is 20.2 Å². The zero-order valence-corrected chi connectivity index (χ0v) is 15.3. The second-order valence-corrected chi connectivity index (χ2v) is 6.99. The van der Waals surface area contributed by atoms with Gasteiger partial charge in [-0.3, -0.25) is 4.90 Å². The van der Waals surface area contributed by atoms with Crippen LogP contribution in [0.1, 0.15) is 36.0 Å². The first-order chi connectivity index (χ1) is 13.2. The summed E-state index contributed by atoms with van der Waals surface area (Å²) < 4.78 is 17.5. The summed E-state index contributed by atoms with van der Waals surface area (Å²) in [6.07, 6.45) is 5.66. The quantitative estimate of drug-likeness (QED) is 0.744. The van der Waals surface area contributed by atoms with Crippen molar-refractivity contribution in [3.05, 3.63) is 59.7 Å². The van der Waals surface area contributed by atoms with Gasteiger partial charge in [0.2, 0.25) is 0 Å². The fourth-order valence-electron chi connectivity index (χ4n) is 3.83. The number of nitrogens with zero attached hydrogens (tertiary/aromatic N) is 6. The number of hydrogen-bond acceptors (Lipinski definition) is 5. The smallest absolute Gasteiger partial charge is 0.158 e. The zero-order valence-electron chi connectivity index (χ0n) is 15.3. The Kier molecular flexibility index (Phi) is 5.00. The molecule has 0 saturated carbocycles. The van der Waals surface area contributed by atoms with Crippen molar-refractivity contribution in [2.24, 2.45) is 7.05 Å². The molecule has 0 bridgehead atoms. The monoisotopic (exact) mass is 370 g/mol. The molecule has 1 fully saturated rings. The molecule has 2 aromatic heterocycles. The minimum atomic E-state index is -0.240. The normalized spacial score (nSPS) is 18.1. The van der Waals surface area contributed by atoms with Crippen LogP contribution in [-0.4, -0.2) is 47.6 Å². The van der Waals surface area contributed by atoms with E-state index in [9.17, 15) is 9.50 Å². The molecule has 7 nitrogen and oxygen atoms in total. The van der Waals surface area contributed by atoms with Crippen LogP contribution in [0.5, 0.6) is 0 Å². The topological polar surface area (TPSA) is 72.0 Å². The van der Waals surface area contributed by atoms with Crippen molar-refractivity contribution in [3.8, 4) is 5.69 Å². The van der Waals surface area contributed by atoms with Crippen LogP contribution in [0.15, 0.2) is 36.7 Å². The molecule has 4 rings (SSSR count). The van der Waals surface area contributed by atoms with Crippen molar-refractivity contribution in [3.63, 3.8) is 0 Å². The molecule has 0 radical (unpaired) electrons. The molecule has 0 amide bonds. The van der Waals surface area contributed by atoms with E-state index in [0.29, 0.717) is 12.4 Å². The van der Waals surface area contributed by atoms with E-state index in [1.807, 2.05) is 23.9 Å². The largest absolute Gasteiger partial charge is 0.388 e. The third-order valence-electron chi connectivity index (χ3n) is 5.20. The maximum absolute atomic E-state index is 13.9. The molecule has 1 atom stereocenters. The summed E-state index contributed by atoms with van der Waals surface area (Å²) in [5, 5.41) is 22.0. The van der Waals surface area contributed by atoms with Gasteiger partial charge in [-0.15, -0.1) is 10.2 Å². The molecular formula is C19H23FN6O. The van der Waals surface area contributed by atoms with Crippen LogP contribution in [0.25, 0.3) is 5.69 Å². The fourth-order valence-corrected chi connectivity index (χ4v) is 3.83. The van der Waals surface area contributed by atoms with Crippen molar-refractivity contribution in [1.29, 1.82) is 0 Å². The van der Waals surface area contributed by atoms with Crippen molar-refractivity contribution in [2.45, 2.75) is 31.9 Å². The highest BCUT2D eigenvalue weighted by Crippen LogP contribution is 2.28. The standard InChI is InChI=1S/C19H23FN6O/c1-24-18(13-27)22-23-19(24)14-4-2-8-25(11-14)12-15-10-16(20)5-6-17(15)26-9-3-7-21-26/h3,5-7,9-10,14,27H,2,4,8,11-13H2,1H3/t14-/m0/s1. The molecule has 0 aliphatic carbocycles. The third-order valence-corrected chi connectivity index (χ3v) is 5.20. The van der Waals surface area contributed by atoms with Crippen LogP contribution in [0.2, 0.25) is 0 Å². The summed E-state index contributed by atoms with van der Waals surface area (Å²) in [4.78, 5) is 2.32. The number of aromatic nitrogens is 5. The van der Waals surface area contributed by atoms with Gasteiger partial charge in [0.15, 0.2) is 5.82 Å². The third kappa shape index (κ3) is 3.63. The van der Waals surface area contributed by atoms with Crippen LogP contribution >= 0.6 is 0 Å². The van der Waals surface area contributed by atoms with E-state index < -0.39 is 0 Å². The molecule has 0 spiro atoms. The van der Waals surface area contributed by atoms with Gasteiger partial charge in [-0.2, -0.15) is 5.10 Å². The lowest BCUT2D eigenvalue weighted by Crippen LogP contribution is -2.35. The molecule has 1 saturated heterocycles. The Morgan fingerprint density at radius 1 is 1.30 bits per heavy atom. The number of rotatable bonds is 5. The molecule has 3 aromatic rings. The van der Waals surface area contributed by atoms with Gasteiger partial charge in [-0.25, -0.2) is 9.07 Å². The van der Waals surface area contributed by atoms with Crippen LogP contribution in [0, 0.1) is 5.82 Å².